The number of fused-ring (bicyclic) bond motifs is 1. The van der Waals surface area contributed by atoms with Crippen molar-refractivity contribution in [3.05, 3.63) is 76.1 Å². The van der Waals surface area contributed by atoms with E-state index in [1.54, 1.807) is 24.3 Å². The van der Waals surface area contributed by atoms with E-state index in [-0.39, 0.29) is 34.9 Å². The van der Waals surface area contributed by atoms with Crippen molar-refractivity contribution in [1.82, 2.24) is 19.5 Å². The SMILES string of the molecule is CC(=O)OC1(CCCCc2ccccc2C(=O)O)C(OCn2cnc3c(Cl)nc(Cl)nc32)=CC=CC1C(=O)O. The lowest BCUT2D eigenvalue weighted by atomic mass is 9.77. The molecule has 0 bridgehead atoms. The monoisotopic (exact) mass is 574 g/mol. The summed E-state index contributed by atoms with van der Waals surface area (Å²) in [5.74, 6) is -3.99. The Labute approximate surface area is 232 Å². The van der Waals surface area contributed by atoms with Gasteiger partial charge in [0.2, 0.25) is 5.28 Å². The van der Waals surface area contributed by atoms with Crippen LogP contribution in [0.3, 0.4) is 0 Å². The lowest BCUT2D eigenvalue weighted by Gasteiger charge is -2.39. The second-order valence-corrected chi connectivity index (χ2v) is 9.52. The number of aliphatic carboxylic acids is 1. The third-order valence-electron chi connectivity index (χ3n) is 6.31. The number of carboxylic acid groups (broad SMARTS) is 2. The van der Waals surface area contributed by atoms with Gasteiger partial charge in [0, 0.05) is 6.92 Å². The Balaban J connectivity index is 1.58. The number of rotatable bonds is 11. The lowest BCUT2D eigenvalue weighted by molar-refractivity contribution is -0.171. The van der Waals surface area contributed by atoms with Crippen LogP contribution in [0.1, 0.15) is 42.1 Å². The topological polar surface area (TPSA) is 154 Å². The number of benzene rings is 1. The normalized spacial score (nSPS) is 18.5. The molecular weight excluding hydrogens is 551 g/mol. The number of aromatic carboxylic acids is 1. The van der Waals surface area contributed by atoms with E-state index < -0.39 is 29.4 Å². The Kier molecular flexibility index (Phi) is 8.51. The Morgan fingerprint density at radius 2 is 1.90 bits per heavy atom. The van der Waals surface area contributed by atoms with E-state index in [1.165, 1.54) is 36.0 Å². The van der Waals surface area contributed by atoms with Crippen molar-refractivity contribution in [2.24, 2.45) is 5.92 Å². The molecule has 0 saturated heterocycles. The zero-order valence-electron chi connectivity index (χ0n) is 20.7. The summed E-state index contributed by atoms with van der Waals surface area (Å²) in [5.41, 5.74) is -0.172. The number of unbranched alkanes of at least 4 members (excludes halogenated alkanes) is 1. The minimum absolute atomic E-state index is 0.0632. The van der Waals surface area contributed by atoms with Crippen LogP contribution in [0.5, 0.6) is 0 Å². The van der Waals surface area contributed by atoms with Crippen LogP contribution in [-0.2, 0) is 32.2 Å². The number of ether oxygens (including phenoxy) is 2. The van der Waals surface area contributed by atoms with Crippen LogP contribution in [0, 0.1) is 5.92 Å². The number of allylic oxidation sites excluding steroid dienone is 2. The van der Waals surface area contributed by atoms with Crippen molar-refractivity contribution in [3.63, 3.8) is 0 Å². The molecule has 0 saturated carbocycles. The number of halogens is 2. The van der Waals surface area contributed by atoms with Crippen molar-refractivity contribution in [2.45, 2.75) is 44.9 Å². The predicted molar refractivity (Wildman–Crippen MR) is 140 cm³/mol. The number of hydrogen-bond donors (Lipinski definition) is 2. The van der Waals surface area contributed by atoms with Gasteiger partial charge in [-0.15, -0.1) is 0 Å². The largest absolute Gasteiger partial charge is 0.481 e. The highest BCUT2D eigenvalue weighted by atomic mass is 35.5. The van der Waals surface area contributed by atoms with Gasteiger partial charge in [0.05, 0.1) is 11.9 Å². The van der Waals surface area contributed by atoms with Gasteiger partial charge in [-0.1, -0.05) is 42.0 Å². The van der Waals surface area contributed by atoms with Gasteiger partial charge in [-0.2, -0.15) is 4.98 Å². The Hall–Kier alpha value is -3.96. The zero-order chi connectivity index (χ0) is 28.2. The van der Waals surface area contributed by atoms with Gasteiger partial charge < -0.3 is 19.7 Å². The van der Waals surface area contributed by atoms with Crippen molar-refractivity contribution in [2.75, 3.05) is 0 Å². The first-order chi connectivity index (χ1) is 18.6. The van der Waals surface area contributed by atoms with Crippen LogP contribution in [0.4, 0.5) is 0 Å². The number of aromatic nitrogens is 4. The maximum Gasteiger partial charge on any atom is 0.335 e. The molecule has 13 heteroatoms. The molecule has 39 heavy (non-hydrogen) atoms. The van der Waals surface area contributed by atoms with Crippen LogP contribution in [0.2, 0.25) is 10.4 Å². The minimum Gasteiger partial charge on any atom is -0.481 e. The van der Waals surface area contributed by atoms with Gasteiger partial charge in [-0.25, -0.2) is 14.8 Å². The summed E-state index contributed by atoms with van der Waals surface area (Å²) in [5, 5.41) is 19.5. The van der Waals surface area contributed by atoms with E-state index >= 15 is 0 Å². The first-order valence-electron chi connectivity index (χ1n) is 11.9. The zero-order valence-corrected chi connectivity index (χ0v) is 22.2. The molecule has 0 aliphatic heterocycles. The van der Waals surface area contributed by atoms with Gasteiger partial charge in [-0.05, 0) is 55.0 Å². The van der Waals surface area contributed by atoms with Gasteiger partial charge in [0.1, 0.15) is 17.2 Å². The highest BCUT2D eigenvalue weighted by molar-refractivity contribution is 6.35. The molecule has 2 heterocycles. The third kappa shape index (κ3) is 6.04. The highest BCUT2D eigenvalue weighted by Crippen LogP contribution is 2.41. The summed E-state index contributed by atoms with van der Waals surface area (Å²) >= 11 is 12.0. The second kappa shape index (κ2) is 11.8. The van der Waals surface area contributed by atoms with Gasteiger partial charge in [0.25, 0.3) is 0 Å². The maximum absolute atomic E-state index is 12.3. The molecule has 2 N–H and O–H groups in total. The first kappa shape index (κ1) is 28.1. The molecule has 0 spiro atoms. The van der Waals surface area contributed by atoms with Crippen LogP contribution >= 0.6 is 23.2 Å². The van der Waals surface area contributed by atoms with E-state index in [0.29, 0.717) is 36.0 Å². The fourth-order valence-corrected chi connectivity index (χ4v) is 5.05. The van der Waals surface area contributed by atoms with Crippen LogP contribution in [0.15, 0.2) is 54.6 Å². The van der Waals surface area contributed by atoms with E-state index in [2.05, 4.69) is 15.0 Å². The summed E-state index contributed by atoms with van der Waals surface area (Å²) < 4.78 is 13.3. The molecule has 1 aliphatic rings. The van der Waals surface area contributed by atoms with Gasteiger partial charge in [0.15, 0.2) is 23.1 Å². The molecule has 1 aromatic carbocycles. The summed E-state index contributed by atoms with van der Waals surface area (Å²) in [6.07, 6.45) is 7.41. The summed E-state index contributed by atoms with van der Waals surface area (Å²) in [4.78, 5) is 48.2. The molecule has 0 radical (unpaired) electrons. The Morgan fingerprint density at radius 3 is 2.62 bits per heavy atom. The van der Waals surface area contributed by atoms with Crippen molar-refractivity contribution in [1.29, 1.82) is 0 Å². The average molecular weight is 575 g/mol. The standard InChI is InChI=1S/C26H24Cl2N4O7/c1-15(33)39-26(12-5-4-8-16-7-2-3-9-17(16)23(34)35)18(24(36)37)10-6-11-19(26)38-14-32-13-29-20-21(27)30-25(28)31-22(20)32/h2-3,6-7,9-11,13,18H,4-5,8,12,14H2,1H3,(H,34,35)(H,36,37). The molecule has 1 aliphatic carbocycles. The van der Waals surface area contributed by atoms with Crippen molar-refractivity contribution >= 4 is 52.3 Å². The number of nitrogens with zero attached hydrogens (tertiary/aromatic N) is 4. The van der Waals surface area contributed by atoms with E-state index in [4.69, 9.17) is 32.7 Å². The maximum atomic E-state index is 12.3. The number of aryl methyl sites for hydroxylation is 1. The quantitative estimate of drug-likeness (QED) is 0.143. The van der Waals surface area contributed by atoms with Crippen molar-refractivity contribution in [3.8, 4) is 0 Å². The lowest BCUT2D eigenvalue weighted by Crippen LogP contribution is -2.48. The predicted octanol–water partition coefficient (Wildman–Crippen LogP) is 4.67. The van der Waals surface area contributed by atoms with Crippen LogP contribution < -0.4 is 0 Å². The van der Waals surface area contributed by atoms with E-state index in [9.17, 15) is 24.6 Å². The molecular formula is C26H24Cl2N4O7. The summed E-state index contributed by atoms with van der Waals surface area (Å²) in [7, 11) is 0. The number of hydrogen-bond acceptors (Lipinski definition) is 8. The van der Waals surface area contributed by atoms with Crippen molar-refractivity contribution < 1.29 is 34.1 Å². The fourth-order valence-electron chi connectivity index (χ4n) is 4.62. The number of carbonyl (C=O) groups excluding carboxylic acids is 1. The fraction of sp³-hybridized carbons (Fsp3) is 0.308. The molecule has 3 aromatic rings. The molecule has 4 rings (SSSR count). The summed E-state index contributed by atoms with van der Waals surface area (Å²) in [6, 6.07) is 6.68. The highest BCUT2D eigenvalue weighted by Gasteiger charge is 2.50. The minimum atomic E-state index is -1.64. The molecule has 0 amide bonds. The molecule has 204 valence electrons. The Morgan fingerprint density at radius 1 is 1.13 bits per heavy atom. The summed E-state index contributed by atoms with van der Waals surface area (Å²) in [6.45, 7) is 1.03. The van der Waals surface area contributed by atoms with E-state index in [0.717, 1.165) is 0 Å². The number of esters is 1. The second-order valence-electron chi connectivity index (χ2n) is 8.83. The molecule has 2 unspecified atom stereocenters. The molecule has 11 nitrogen and oxygen atoms in total. The number of carbonyl (C=O) groups is 3. The number of carboxylic acids is 2. The molecule has 2 aromatic heterocycles. The van der Waals surface area contributed by atoms with Crippen LogP contribution in [0.25, 0.3) is 11.2 Å². The van der Waals surface area contributed by atoms with Crippen LogP contribution in [-0.4, -0.2) is 53.2 Å². The van der Waals surface area contributed by atoms with Gasteiger partial charge in [-0.3, -0.25) is 14.2 Å². The Bertz CT molecular complexity index is 1490. The van der Waals surface area contributed by atoms with E-state index in [1.807, 2.05) is 0 Å². The molecule has 2 atom stereocenters. The van der Waals surface area contributed by atoms with Gasteiger partial charge >= 0.3 is 17.9 Å². The first-order valence-corrected chi connectivity index (χ1v) is 12.7. The third-order valence-corrected chi connectivity index (χ3v) is 6.74. The average Bonchev–Trinajstić information content (AvgIpc) is 3.28. The molecule has 0 fully saturated rings. The smallest absolute Gasteiger partial charge is 0.335 e. The number of imidazole rings is 1.